The number of hydrogen-bond donors (Lipinski definition) is 0. The minimum absolute atomic E-state index is 1.08. The molecule has 0 bridgehead atoms. The van der Waals surface area contributed by atoms with Gasteiger partial charge in [-0.15, -0.1) is 0 Å². The summed E-state index contributed by atoms with van der Waals surface area (Å²) >= 11 is 2.75. The first-order chi connectivity index (χ1) is 6.24. The molecule has 7 heteroatoms. The summed E-state index contributed by atoms with van der Waals surface area (Å²) in [6.07, 6.45) is 5.57. The predicted molar refractivity (Wildman–Crippen MR) is 49.9 cm³/mol. The third-order valence-electron chi connectivity index (χ3n) is 1.06. The van der Waals surface area contributed by atoms with Crippen molar-refractivity contribution >= 4 is 33.7 Å². The van der Waals surface area contributed by atoms with E-state index in [0.717, 1.165) is 0 Å². The largest absolute Gasteiger partial charge is 0.772 e. The Bertz CT molecular complexity index is 84.7. The van der Waals surface area contributed by atoms with Crippen molar-refractivity contribution in [1.29, 1.82) is 0 Å². The van der Waals surface area contributed by atoms with Crippen molar-refractivity contribution in [2.45, 2.75) is 37.9 Å². The van der Waals surface area contributed by atoms with Gasteiger partial charge in [-0.2, -0.15) is 0 Å². The quantitative estimate of drug-likeness (QED) is 0.419. The zero-order valence-corrected chi connectivity index (χ0v) is 10.6. The van der Waals surface area contributed by atoms with Gasteiger partial charge in [0.25, 0.3) is 0 Å². The summed E-state index contributed by atoms with van der Waals surface area (Å²) in [5.41, 5.74) is 0. The van der Waals surface area contributed by atoms with Gasteiger partial charge < -0.3 is 9.79 Å². The average Bonchev–Trinajstić information content (AvgIpc) is 2.08. The molecule has 0 heterocycles. The van der Waals surface area contributed by atoms with E-state index in [0.29, 0.717) is 0 Å². The second-order valence-corrected chi connectivity index (χ2v) is 2.87. The Balaban J connectivity index is -0.000000140. The van der Waals surface area contributed by atoms with E-state index in [9.17, 15) is 0 Å². The maximum absolute atomic E-state index is 8.35. The van der Waals surface area contributed by atoms with E-state index in [2.05, 4.69) is 23.2 Å². The first-order valence-corrected chi connectivity index (χ1v) is 6.12. The molecule has 0 aromatic heterocycles. The Morgan fingerprint density at radius 2 is 1.46 bits per heavy atom. The van der Waals surface area contributed by atoms with Crippen molar-refractivity contribution in [2.24, 2.45) is 0 Å². The van der Waals surface area contributed by atoms with Crippen LogP contribution in [0.3, 0.4) is 0 Å². The third-order valence-corrected chi connectivity index (χ3v) is 1.47. The fraction of sp³-hybridized carbons (Fsp3) is 1.00. The average molecular weight is 238 g/mol. The molecule has 0 fully saturated rings. The number of rotatable bonds is 4. The number of unbranched alkanes of at least 4 members (excludes halogenated alkanes) is 3. The van der Waals surface area contributed by atoms with Crippen LogP contribution in [0, 0.1) is 0 Å². The molecule has 4 nitrogen and oxygen atoms in total. The van der Waals surface area contributed by atoms with Gasteiger partial charge in [0.05, 0.1) is 17.4 Å². The van der Waals surface area contributed by atoms with Gasteiger partial charge in [0.2, 0.25) is 0 Å². The van der Waals surface area contributed by atoms with E-state index >= 15 is 0 Å². The van der Waals surface area contributed by atoms with Crippen LogP contribution in [-0.4, -0.2) is 16.3 Å². The molecule has 0 rings (SSSR count). The molecule has 0 saturated heterocycles. The molecule has 0 spiro atoms. The molecule has 0 N–H and O–H groups in total. The Labute approximate surface area is 90.7 Å². The first kappa shape index (κ1) is 19.3. The summed E-state index contributed by atoms with van der Waals surface area (Å²) in [6, 6.07) is 0. The smallest absolute Gasteiger partial charge is 0.0642 e. The van der Waals surface area contributed by atoms with Crippen LogP contribution in [0.4, 0.5) is 0 Å². The van der Waals surface area contributed by atoms with E-state index < -0.39 is 17.4 Å². The topological polar surface area (TPSA) is 80.3 Å². The summed E-state index contributed by atoms with van der Waals surface area (Å²) in [5, 5.41) is 1.28. The fourth-order valence-corrected chi connectivity index (χ4v) is 0.860. The van der Waals surface area contributed by atoms with Crippen LogP contribution >= 0.6 is 17.4 Å². The second-order valence-electron chi connectivity index (χ2n) is 2.00. The van der Waals surface area contributed by atoms with E-state index in [4.69, 9.17) is 18.9 Å². The summed E-state index contributed by atoms with van der Waals surface area (Å²) in [7, 11) is -2.17. The Morgan fingerprint density at radius 3 is 1.69 bits per heavy atom. The van der Waals surface area contributed by atoms with Gasteiger partial charge in [0, 0.05) is 0 Å². The van der Waals surface area contributed by atoms with Crippen molar-refractivity contribution < 1.29 is 18.9 Å². The fourth-order valence-electron chi connectivity index (χ4n) is 0.571. The van der Waals surface area contributed by atoms with E-state index in [1.807, 2.05) is 0 Å². The van der Waals surface area contributed by atoms with Crippen molar-refractivity contribution in [3.63, 3.8) is 0 Å². The molecule has 0 saturated carbocycles. The molecule has 0 aliphatic carbocycles. The predicted octanol–water partition coefficient (Wildman–Crippen LogP) is 1.26. The van der Waals surface area contributed by atoms with Crippen LogP contribution in [0.2, 0.25) is 5.28 Å². The Hall–Kier alpha value is 0.652. The van der Waals surface area contributed by atoms with Crippen LogP contribution in [0.5, 0.6) is 0 Å². The van der Waals surface area contributed by atoms with Gasteiger partial charge in [-0.05, 0) is 0 Å². The summed E-state index contributed by atoms with van der Waals surface area (Å²) in [5.74, 6) is 0. The van der Waals surface area contributed by atoms with Crippen molar-refractivity contribution in [3.8, 4) is 0 Å². The van der Waals surface area contributed by atoms with Crippen LogP contribution in [-0.2, 0) is 9.13 Å². The van der Waals surface area contributed by atoms with Gasteiger partial charge in [-0.3, -0.25) is 9.13 Å². The monoisotopic (exact) mass is 238 g/mol. The van der Waals surface area contributed by atoms with Crippen LogP contribution in [0.15, 0.2) is 0 Å². The SMILES string of the molecule is CCCCC[CH2][Al+2].O=P[O-].O=P[O-]. The maximum atomic E-state index is 8.35. The van der Waals surface area contributed by atoms with Gasteiger partial charge in [-0.1, -0.05) is 0 Å². The van der Waals surface area contributed by atoms with Crippen molar-refractivity contribution in [3.05, 3.63) is 0 Å². The van der Waals surface area contributed by atoms with Crippen molar-refractivity contribution in [1.82, 2.24) is 0 Å². The molecule has 0 aromatic rings. The Morgan fingerprint density at radius 1 is 1.08 bits per heavy atom. The van der Waals surface area contributed by atoms with Gasteiger partial charge in [-0.25, -0.2) is 0 Å². The molecular weight excluding hydrogens is 225 g/mol. The molecule has 0 amide bonds. The van der Waals surface area contributed by atoms with Crippen LogP contribution in [0.25, 0.3) is 0 Å². The minimum Gasteiger partial charge on any atom is -0.772 e. The molecule has 74 valence electrons. The van der Waals surface area contributed by atoms with E-state index in [1.165, 1.54) is 31.0 Å². The van der Waals surface area contributed by atoms with Crippen molar-refractivity contribution in [2.75, 3.05) is 0 Å². The molecule has 13 heavy (non-hydrogen) atoms. The third kappa shape index (κ3) is 66.3. The van der Waals surface area contributed by atoms with Gasteiger partial charge >= 0.3 is 54.2 Å². The zero-order valence-electron chi connectivity index (χ0n) is 7.64. The Kier molecular flexibility index (Phi) is 43.5. The zero-order chi connectivity index (χ0) is 10.9. The summed E-state index contributed by atoms with van der Waals surface area (Å²) in [6.45, 7) is 2.24. The molecule has 0 radical (unpaired) electrons. The molecule has 0 aromatic carbocycles. The minimum atomic E-state index is -1.08. The van der Waals surface area contributed by atoms with Gasteiger partial charge in [0.1, 0.15) is 0 Å². The first-order valence-electron chi connectivity index (χ1n) is 3.85. The van der Waals surface area contributed by atoms with E-state index in [1.54, 1.807) is 0 Å². The standard InChI is InChI=1S/C6H13.Al.2HO2P/c1-3-5-6-4-2;;2*1-3-2/h1,3-6H2,2H3;;2*(H,1,2)/q;+2;;/p-2. The van der Waals surface area contributed by atoms with Crippen LogP contribution < -0.4 is 9.79 Å². The normalized spacial score (nSPS) is 8.38. The molecule has 0 aliphatic heterocycles. The molecule has 0 aliphatic rings. The van der Waals surface area contributed by atoms with Crippen LogP contribution in [0.1, 0.15) is 32.6 Å². The molecule has 0 atom stereocenters. The number of hydrogen-bond acceptors (Lipinski definition) is 4. The summed E-state index contributed by atoms with van der Waals surface area (Å²) < 4.78 is 16.7. The molecular formula is C6H13AlO4P2. The van der Waals surface area contributed by atoms with E-state index in [-0.39, 0.29) is 0 Å². The summed E-state index contributed by atoms with van der Waals surface area (Å²) in [4.78, 5) is 16.7. The molecule has 0 unspecified atom stereocenters. The second kappa shape index (κ2) is 29.3. The van der Waals surface area contributed by atoms with Gasteiger partial charge in [0.15, 0.2) is 0 Å². The maximum Gasteiger partial charge on any atom is 0.0642 e.